The minimum Gasteiger partial charge on any atom is -0.496 e. The lowest BCUT2D eigenvalue weighted by Crippen LogP contribution is -2.27. The fourth-order valence-electron chi connectivity index (χ4n) is 3.17. The molecule has 0 atom stereocenters. The number of carbonyl (C=O) groups excluding carboxylic acids is 1. The summed E-state index contributed by atoms with van der Waals surface area (Å²) in [6.45, 7) is 4.57. The van der Waals surface area contributed by atoms with Crippen molar-refractivity contribution in [2.75, 3.05) is 14.2 Å². The summed E-state index contributed by atoms with van der Waals surface area (Å²) in [4.78, 5) is 14.8. The van der Waals surface area contributed by atoms with E-state index in [2.05, 4.69) is 12.0 Å². The Labute approximate surface area is 160 Å². The normalized spacial score (nSPS) is 10.7. The Morgan fingerprint density at radius 3 is 2.52 bits per heavy atom. The molecule has 27 heavy (non-hydrogen) atoms. The molecular formula is C22H25N3O2. The topological polar surface area (TPSA) is 47.4 Å². The van der Waals surface area contributed by atoms with E-state index in [1.54, 1.807) is 25.3 Å². The molecule has 0 radical (unpaired) electrons. The Morgan fingerprint density at radius 2 is 1.85 bits per heavy atom. The Bertz CT molecular complexity index is 929. The van der Waals surface area contributed by atoms with E-state index in [0.717, 1.165) is 29.1 Å². The zero-order valence-electron chi connectivity index (χ0n) is 16.3. The summed E-state index contributed by atoms with van der Waals surface area (Å²) < 4.78 is 7.24. The molecule has 0 aliphatic rings. The van der Waals surface area contributed by atoms with Crippen molar-refractivity contribution < 1.29 is 9.53 Å². The fraction of sp³-hybridized carbons (Fsp3) is 0.273. The number of hydrogen-bond donors (Lipinski definition) is 0. The van der Waals surface area contributed by atoms with Crippen LogP contribution in [0.15, 0.2) is 54.7 Å². The SMILES string of the molecule is CCc1c(C(=O)N(C)Cc2ccccc2OC)cnn1-c1ccc(C)cc1. The third-order valence-electron chi connectivity index (χ3n) is 4.66. The van der Waals surface area contributed by atoms with Crippen molar-refractivity contribution >= 4 is 5.91 Å². The summed E-state index contributed by atoms with van der Waals surface area (Å²) >= 11 is 0. The molecule has 1 aromatic heterocycles. The molecule has 5 heteroatoms. The zero-order valence-corrected chi connectivity index (χ0v) is 16.3. The molecule has 5 nitrogen and oxygen atoms in total. The number of aromatic nitrogens is 2. The first-order valence-corrected chi connectivity index (χ1v) is 9.06. The van der Waals surface area contributed by atoms with Crippen LogP contribution in [0.25, 0.3) is 5.69 Å². The van der Waals surface area contributed by atoms with Crippen molar-refractivity contribution in [2.45, 2.75) is 26.8 Å². The second kappa shape index (κ2) is 8.08. The van der Waals surface area contributed by atoms with Gasteiger partial charge < -0.3 is 9.64 Å². The molecule has 3 rings (SSSR count). The molecule has 1 heterocycles. The number of rotatable bonds is 6. The van der Waals surface area contributed by atoms with Gasteiger partial charge in [-0.3, -0.25) is 4.79 Å². The number of hydrogen-bond acceptors (Lipinski definition) is 3. The van der Waals surface area contributed by atoms with Crippen molar-refractivity contribution in [3.63, 3.8) is 0 Å². The molecule has 0 fully saturated rings. The van der Waals surface area contributed by atoms with Crippen LogP contribution in [0.2, 0.25) is 0 Å². The number of carbonyl (C=O) groups is 1. The molecular weight excluding hydrogens is 338 g/mol. The number of nitrogens with zero attached hydrogens (tertiary/aromatic N) is 3. The van der Waals surface area contributed by atoms with Gasteiger partial charge in [-0.05, 0) is 31.5 Å². The van der Waals surface area contributed by atoms with Crippen molar-refractivity contribution in [1.29, 1.82) is 0 Å². The van der Waals surface area contributed by atoms with Crippen LogP contribution in [0.5, 0.6) is 5.75 Å². The number of ether oxygens (including phenoxy) is 1. The average Bonchev–Trinajstić information content (AvgIpc) is 3.12. The van der Waals surface area contributed by atoms with E-state index in [0.29, 0.717) is 12.1 Å². The van der Waals surface area contributed by atoms with Gasteiger partial charge in [0.2, 0.25) is 0 Å². The number of amides is 1. The highest BCUT2D eigenvalue weighted by molar-refractivity contribution is 5.95. The number of aryl methyl sites for hydroxylation is 1. The van der Waals surface area contributed by atoms with Crippen LogP contribution < -0.4 is 4.74 Å². The lowest BCUT2D eigenvalue weighted by Gasteiger charge is -2.19. The van der Waals surface area contributed by atoms with Crippen LogP contribution in [0.1, 0.15) is 34.1 Å². The summed E-state index contributed by atoms with van der Waals surface area (Å²) in [6.07, 6.45) is 2.39. The van der Waals surface area contributed by atoms with Crippen LogP contribution in [0.4, 0.5) is 0 Å². The highest BCUT2D eigenvalue weighted by atomic mass is 16.5. The monoisotopic (exact) mass is 363 g/mol. The molecule has 2 aromatic carbocycles. The van der Waals surface area contributed by atoms with E-state index >= 15 is 0 Å². The summed E-state index contributed by atoms with van der Waals surface area (Å²) in [7, 11) is 3.44. The molecule has 140 valence electrons. The maximum atomic E-state index is 13.1. The molecule has 1 amide bonds. The van der Waals surface area contributed by atoms with Crippen LogP contribution in [0.3, 0.4) is 0 Å². The first kappa shape index (κ1) is 18.7. The van der Waals surface area contributed by atoms with Gasteiger partial charge in [0.25, 0.3) is 5.91 Å². The van der Waals surface area contributed by atoms with E-state index in [1.165, 1.54) is 5.56 Å². The van der Waals surface area contributed by atoms with E-state index in [9.17, 15) is 4.79 Å². The maximum absolute atomic E-state index is 13.1. The fourth-order valence-corrected chi connectivity index (χ4v) is 3.17. The van der Waals surface area contributed by atoms with E-state index in [4.69, 9.17) is 4.74 Å². The summed E-state index contributed by atoms with van der Waals surface area (Å²) in [5, 5.41) is 4.48. The van der Waals surface area contributed by atoms with Crippen molar-refractivity contribution in [3.05, 3.63) is 77.1 Å². The van der Waals surface area contributed by atoms with Crippen LogP contribution in [0, 0.1) is 6.92 Å². The van der Waals surface area contributed by atoms with E-state index < -0.39 is 0 Å². The molecule has 0 saturated heterocycles. The quantitative estimate of drug-likeness (QED) is 0.664. The summed E-state index contributed by atoms with van der Waals surface area (Å²) in [5.74, 6) is 0.735. The maximum Gasteiger partial charge on any atom is 0.257 e. The van der Waals surface area contributed by atoms with Crippen LogP contribution >= 0.6 is 0 Å². The van der Waals surface area contributed by atoms with Gasteiger partial charge in [-0.15, -0.1) is 0 Å². The third-order valence-corrected chi connectivity index (χ3v) is 4.66. The van der Waals surface area contributed by atoms with Gasteiger partial charge in [-0.2, -0.15) is 5.10 Å². The Balaban J connectivity index is 1.87. The van der Waals surface area contributed by atoms with Crippen molar-refractivity contribution in [3.8, 4) is 11.4 Å². The Hall–Kier alpha value is -3.08. The number of para-hydroxylation sites is 1. The standard InChI is InChI=1S/C22H25N3O2/c1-5-20-19(14-23-25(20)18-12-10-16(2)11-13-18)22(26)24(3)15-17-8-6-7-9-21(17)27-4/h6-14H,5,15H2,1-4H3. The summed E-state index contributed by atoms with van der Waals surface area (Å²) in [5.41, 5.74) is 4.67. The molecule has 0 bridgehead atoms. The van der Waals surface area contributed by atoms with Gasteiger partial charge >= 0.3 is 0 Å². The predicted octanol–water partition coefficient (Wildman–Crippen LogP) is 4.02. The predicted molar refractivity (Wildman–Crippen MR) is 106 cm³/mol. The van der Waals surface area contributed by atoms with Gasteiger partial charge in [-0.25, -0.2) is 4.68 Å². The molecule has 0 unspecified atom stereocenters. The number of methoxy groups -OCH3 is 1. The average molecular weight is 363 g/mol. The molecule has 0 aliphatic heterocycles. The number of benzene rings is 2. The lowest BCUT2D eigenvalue weighted by atomic mass is 10.1. The van der Waals surface area contributed by atoms with E-state index in [1.807, 2.05) is 60.1 Å². The molecule has 0 N–H and O–H groups in total. The molecule has 0 aliphatic carbocycles. The van der Waals surface area contributed by atoms with E-state index in [-0.39, 0.29) is 5.91 Å². The first-order valence-electron chi connectivity index (χ1n) is 9.06. The van der Waals surface area contributed by atoms with Crippen LogP contribution in [-0.2, 0) is 13.0 Å². The van der Waals surface area contributed by atoms with Gasteiger partial charge in [0.15, 0.2) is 0 Å². The van der Waals surface area contributed by atoms with Gasteiger partial charge in [0.05, 0.1) is 30.3 Å². The van der Waals surface area contributed by atoms with Gasteiger partial charge in [0.1, 0.15) is 5.75 Å². The molecule has 0 saturated carbocycles. The minimum absolute atomic E-state index is 0.0453. The second-order valence-corrected chi connectivity index (χ2v) is 6.58. The Kier molecular flexibility index (Phi) is 5.60. The highest BCUT2D eigenvalue weighted by Gasteiger charge is 2.21. The first-order chi connectivity index (χ1) is 13.0. The molecule has 0 spiro atoms. The highest BCUT2D eigenvalue weighted by Crippen LogP contribution is 2.22. The lowest BCUT2D eigenvalue weighted by molar-refractivity contribution is 0.0783. The smallest absolute Gasteiger partial charge is 0.257 e. The molecule has 3 aromatic rings. The van der Waals surface area contributed by atoms with Crippen LogP contribution in [-0.4, -0.2) is 34.7 Å². The zero-order chi connectivity index (χ0) is 19.4. The minimum atomic E-state index is -0.0453. The third kappa shape index (κ3) is 3.87. The summed E-state index contributed by atoms with van der Waals surface area (Å²) in [6, 6.07) is 15.9. The second-order valence-electron chi connectivity index (χ2n) is 6.58. The Morgan fingerprint density at radius 1 is 1.15 bits per heavy atom. The van der Waals surface area contributed by atoms with Crippen molar-refractivity contribution in [1.82, 2.24) is 14.7 Å². The van der Waals surface area contributed by atoms with Gasteiger partial charge in [0, 0.05) is 19.2 Å². The van der Waals surface area contributed by atoms with Crippen molar-refractivity contribution in [2.24, 2.45) is 0 Å². The van der Waals surface area contributed by atoms with Gasteiger partial charge in [-0.1, -0.05) is 42.8 Å². The largest absolute Gasteiger partial charge is 0.496 e.